The predicted octanol–water partition coefficient (Wildman–Crippen LogP) is 2.16. The maximum Gasteiger partial charge on any atom is 0.229 e. The molecule has 0 saturated carbocycles. The van der Waals surface area contributed by atoms with Crippen molar-refractivity contribution in [2.24, 2.45) is 0 Å². The van der Waals surface area contributed by atoms with Gasteiger partial charge in [-0.05, 0) is 31.2 Å². The van der Waals surface area contributed by atoms with Gasteiger partial charge in [0.25, 0.3) is 0 Å². The zero-order chi connectivity index (χ0) is 13.5. The second-order valence-electron chi connectivity index (χ2n) is 4.00. The maximum absolute atomic E-state index is 11.5. The van der Waals surface area contributed by atoms with Crippen LogP contribution >= 0.6 is 11.6 Å². The molecule has 0 aliphatic heterocycles. The second-order valence-corrected chi connectivity index (χ2v) is 4.43. The smallest absolute Gasteiger partial charge is 0.229 e. The van der Waals surface area contributed by atoms with Gasteiger partial charge in [-0.2, -0.15) is 0 Å². The largest absolute Gasteiger partial charge is 0.492 e. The van der Waals surface area contributed by atoms with Crippen LogP contribution in [0.2, 0.25) is 5.02 Å². The summed E-state index contributed by atoms with van der Waals surface area (Å²) in [5, 5.41) is 0.649. The van der Waals surface area contributed by atoms with E-state index in [1.165, 1.54) is 11.8 Å². The third-order valence-electron chi connectivity index (χ3n) is 2.33. The molecular weight excluding hydrogens is 254 g/mol. The first-order valence-corrected chi connectivity index (χ1v) is 5.98. The minimum atomic E-state index is -0.192. The molecule has 5 heteroatoms. The van der Waals surface area contributed by atoms with Crippen molar-refractivity contribution in [3.05, 3.63) is 29.3 Å². The number of Topliss-reactive ketones (excluding diaryl/α,β-unsaturated/α-hetero) is 1. The Hall–Kier alpha value is -1.55. The number of halogens is 1. The van der Waals surface area contributed by atoms with Gasteiger partial charge in [-0.3, -0.25) is 9.59 Å². The number of carbonyl (C=O) groups excluding carboxylic acids is 2. The molecule has 0 atom stereocenters. The van der Waals surface area contributed by atoms with Crippen molar-refractivity contribution >= 4 is 23.3 Å². The van der Waals surface area contributed by atoms with Crippen LogP contribution < -0.4 is 4.74 Å². The van der Waals surface area contributed by atoms with E-state index in [2.05, 4.69) is 0 Å². The normalized spacial score (nSPS) is 9.94. The molecule has 0 bridgehead atoms. The van der Waals surface area contributed by atoms with Crippen LogP contribution in [0.3, 0.4) is 0 Å². The summed E-state index contributed by atoms with van der Waals surface area (Å²) in [6.45, 7) is 2.21. The van der Waals surface area contributed by atoms with Gasteiger partial charge in [0.1, 0.15) is 18.1 Å². The van der Waals surface area contributed by atoms with Crippen LogP contribution in [0.1, 0.15) is 13.3 Å². The molecule has 0 N–H and O–H groups in total. The van der Waals surface area contributed by atoms with Crippen LogP contribution in [0.4, 0.5) is 0 Å². The molecule has 0 fully saturated rings. The number of nitrogens with zero attached hydrogens (tertiary/aromatic N) is 1. The van der Waals surface area contributed by atoms with Crippen molar-refractivity contribution in [2.45, 2.75) is 13.3 Å². The molecule has 1 aromatic rings. The van der Waals surface area contributed by atoms with E-state index in [-0.39, 0.29) is 18.1 Å². The summed E-state index contributed by atoms with van der Waals surface area (Å²) in [6, 6.07) is 7.00. The molecule has 1 amide bonds. The molecule has 0 aromatic heterocycles. The Morgan fingerprint density at radius 1 is 1.28 bits per heavy atom. The monoisotopic (exact) mass is 269 g/mol. The van der Waals surface area contributed by atoms with Gasteiger partial charge in [-0.25, -0.2) is 0 Å². The average Bonchev–Trinajstić information content (AvgIpc) is 2.30. The molecule has 0 aliphatic carbocycles. The van der Waals surface area contributed by atoms with Crippen LogP contribution in [-0.2, 0) is 9.59 Å². The lowest BCUT2D eigenvalue weighted by Crippen LogP contribution is -2.31. The van der Waals surface area contributed by atoms with Crippen molar-refractivity contribution in [1.82, 2.24) is 4.90 Å². The van der Waals surface area contributed by atoms with E-state index in [0.29, 0.717) is 23.9 Å². The van der Waals surface area contributed by atoms with Crippen LogP contribution in [0, 0.1) is 0 Å². The summed E-state index contributed by atoms with van der Waals surface area (Å²) in [7, 11) is 1.65. The zero-order valence-electron chi connectivity index (χ0n) is 10.5. The number of ketones is 1. The molecule has 98 valence electrons. The van der Waals surface area contributed by atoms with Crippen LogP contribution in [0.5, 0.6) is 5.75 Å². The second kappa shape index (κ2) is 7.01. The lowest BCUT2D eigenvalue weighted by atomic mass is 10.3. The van der Waals surface area contributed by atoms with Crippen molar-refractivity contribution in [1.29, 1.82) is 0 Å². The number of likely N-dealkylation sites (N-methyl/N-ethyl adjacent to an activating group) is 1. The molecule has 1 aromatic carbocycles. The van der Waals surface area contributed by atoms with E-state index >= 15 is 0 Å². The summed E-state index contributed by atoms with van der Waals surface area (Å²) in [5.74, 6) is 0.375. The number of benzene rings is 1. The van der Waals surface area contributed by atoms with Gasteiger partial charge in [0.2, 0.25) is 5.91 Å². The number of hydrogen-bond acceptors (Lipinski definition) is 3. The minimum absolute atomic E-state index is 0.0581. The van der Waals surface area contributed by atoms with Crippen molar-refractivity contribution in [3.8, 4) is 5.75 Å². The van der Waals surface area contributed by atoms with E-state index in [4.69, 9.17) is 16.3 Å². The molecule has 18 heavy (non-hydrogen) atoms. The number of carbonyl (C=O) groups is 2. The van der Waals surface area contributed by atoms with Gasteiger partial charge in [0.05, 0.1) is 13.0 Å². The molecule has 4 nitrogen and oxygen atoms in total. The van der Waals surface area contributed by atoms with Crippen molar-refractivity contribution in [3.63, 3.8) is 0 Å². The zero-order valence-corrected chi connectivity index (χ0v) is 11.2. The van der Waals surface area contributed by atoms with Crippen LogP contribution in [0.15, 0.2) is 24.3 Å². The Bertz CT molecular complexity index is 417. The third-order valence-corrected chi connectivity index (χ3v) is 2.59. The summed E-state index contributed by atoms with van der Waals surface area (Å²) in [6.07, 6.45) is -0.0581. The highest BCUT2D eigenvalue weighted by molar-refractivity contribution is 6.30. The molecule has 1 rings (SSSR count). The van der Waals surface area contributed by atoms with Gasteiger partial charge in [0.15, 0.2) is 0 Å². The summed E-state index contributed by atoms with van der Waals surface area (Å²) in [4.78, 5) is 23.8. The topological polar surface area (TPSA) is 46.6 Å². The Balaban J connectivity index is 2.31. The highest BCUT2D eigenvalue weighted by atomic mass is 35.5. The quantitative estimate of drug-likeness (QED) is 0.744. The molecular formula is C13H16ClNO3. The molecule has 0 aliphatic rings. The van der Waals surface area contributed by atoms with E-state index in [1.807, 2.05) is 0 Å². The highest BCUT2D eigenvalue weighted by Gasteiger charge is 2.10. The molecule has 0 unspecified atom stereocenters. The fourth-order valence-corrected chi connectivity index (χ4v) is 1.43. The number of ether oxygens (including phenoxy) is 1. The Morgan fingerprint density at radius 2 is 1.89 bits per heavy atom. The first-order chi connectivity index (χ1) is 8.49. The summed E-state index contributed by atoms with van der Waals surface area (Å²) in [5.41, 5.74) is 0. The number of hydrogen-bond donors (Lipinski definition) is 0. The Kier molecular flexibility index (Phi) is 5.65. The average molecular weight is 270 g/mol. The predicted molar refractivity (Wildman–Crippen MR) is 69.9 cm³/mol. The van der Waals surface area contributed by atoms with Gasteiger partial charge in [-0.1, -0.05) is 11.6 Å². The van der Waals surface area contributed by atoms with Gasteiger partial charge < -0.3 is 9.64 Å². The van der Waals surface area contributed by atoms with Gasteiger partial charge in [-0.15, -0.1) is 0 Å². The Labute approximate surface area is 111 Å². The lowest BCUT2D eigenvalue weighted by molar-refractivity contribution is -0.134. The number of amides is 1. The molecule has 0 spiro atoms. The molecule has 0 saturated heterocycles. The fraction of sp³-hybridized carbons (Fsp3) is 0.385. The maximum atomic E-state index is 11.5. The third kappa shape index (κ3) is 5.19. The van der Waals surface area contributed by atoms with Crippen molar-refractivity contribution < 1.29 is 14.3 Å². The minimum Gasteiger partial charge on any atom is -0.492 e. The fourth-order valence-electron chi connectivity index (χ4n) is 1.30. The molecule has 0 radical (unpaired) electrons. The van der Waals surface area contributed by atoms with Gasteiger partial charge in [0, 0.05) is 12.1 Å². The van der Waals surface area contributed by atoms with Crippen molar-refractivity contribution in [2.75, 3.05) is 20.2 Å². The van der Waals surface area contributed by atoms with E-state index < -0.39 is 0 Å². The Morgan fingerprint density at radius 3 is 2.44 bits per heavy atom. The van der Waals surface area contributed by atoms with E-state index in [0.717, 1.165) is 0 Å². The van der Waals surface area contributed by atoms with E-state index in [9.17, 15) is 9.59 Å². The summed E-state index contributed by atoms with van der Waals surface area (Å²) < 4.78 is 5.45. The highest BCUT2D eigenvalue weighted by Crippen LogP contribution is 2.15. The first kappa shape index (κ1) is 14.5. The SMILES string of the molecule is CC(=O)CC(=O)N(C)CCOc1ccc(Cl)cc1. The molecule has 0 heterocycles. The first-order valence-electron chi connectivity index (χ1n) is 5.61. The summed E-state index contributed by atoms with van der Waals surface area (Å²) >= 11 is 5.75. The van der Waals surface area contributed by atoms with Crippen LogP contribution in [-0.4, -0.2) is 36.8 Å². The van der Waals surface area contributed by atoms with E-state index in [1.54, 1.807) is 31.3 Å². The number of rotatable bonds is 6. The standard InChI is InChI=1S/C13H16ClNO3/c1-10(16)9-13(17)15(2)7-8-18-12-5-3-11(14)4-6-12/h3-6H,7-9H2,1-2H3. The lowest BCUT2D eigenvalue weighted by Gasteiger charge is -2.16. The van der Waals surface area contributed by atoms with Gasteiger partial charge >= 0.3 is 0 Å². The van der Waals surface area contributed by atoms with Crippen LogP contribution in [0.25, 0.3) is 0 Å².